The fourth-order valence-corrected chi connectivity index (χ4v) is 3.24. The first kappa shape index (κ1) is 19.0. The van der Waals surface area contributed by atoms with Crippen LogP contribution in [-0.2, 0) is 6.42 Å². The number of hydrogen-bond acceptors (Lipinski definition) is 8. The molecule has 1 fully saturated rings. The summed E-state index contributed by atoms with van der Waals surface area (Å²) in [7, 11) is 0. The van der Waals surface area contributed by atoms with Crippen molar-refractivity contribution in [1.29, 1.82) is 0 Å². The second-order valence-electron chi connectivity index (χ2n) is 6.64. The van der Waals surface area contributed by atoms with E-state index in [4.69, 9.17) is 5.21 Å². The average molecular weight is 370 g/mol. The summed E-state index contributed by atoms with van der Waals surface area (Å²) < 4.78 is 0. The van der Waals surface area contributed by atoms with Crippen molar-refractivity contribution in [3.05, 3.63) is 42.0 Å². The molecule has 8 nitrogen and oxygen atoms in total. The van der Waals surface area contributed by atoms with Gasteiger partial charge < -0.3 is 15.2 Å². The van der Waals surface area contributed by atoms with E-state index in [9.17, 15) is 5.11 Å². The number of hydrogen-bond donors (Lipinski definition) is 2. The molecule has 3 rings (SSSR count). The van der Waals surface area contributed by atoms with Crippen LogP contribution in [0.4, 0.5) is 5.95 Å². The molecule has 0 unspecified atom stereocenters. The van der Waals surface area contributed by atoms with Crippen molar-refractivity contribution in [3.63, 3.8) is 0 Å². The van der Waals surface area contributed by atoms with Crippen LogP contribution < -0.4 is 4.90 Å². The molecule has 0 saturated carbocycles. The van der Waals surface area contributed by atoms with Crippen LogP contribution in [0.1, 0.15) is 30.7 Å². The summed E-state index contributed by atoms with van der Waals surface area (Å²) in [5.74, 6) is 0.848. The molecule has 0 aromatic carbocycles. The van der Waals surface area contributed by atoms with Crippen molar-refractivity contribution in [2.45, 2.75) is 25.7 Å². The van der Waals surface area contributed by atoms with Crippen molar-refractivity contribution >= 4 is 12.2 Å². The summed E-state index contributed by atoms with van der Waals surface area (Å²) in [6.45, 7) is 5.13. The van der Waals surface area contributed by atoms with Crippen LogP contribution in [0.5, 0.6) is 5.75 Å². The van der Waals surface area contributed by atoms with Gasteiger partial charge in [0, 0.05) is 44.3 Å². The molecule has 1 aliphatic rings. The Kier molecular flexibility index (Phi) is 6.92. The Morgan fingerprint density at radius 2 is 1.81 bits per heavy atom. The van der Waals surface area contributed by atoms with Gasteiger partial charge in [0.2, 0.25) is 5.95 Å². The second kappa shape index (κ2) is 9.82. The van der Waals surface area contributed by atoms with E-state index in [0.29, 0.717) is 5.69 Å². The first-order valence-electron chi connectivity index (χ1n) is 9.37. The summed E-state index contributed by atoms with van der Waals surface area (Å²) in [4.78, 5) is 17.7. The third-order valence-electron chi connectivity index (χ3n) is 4.75. The van der Waals surface area contributed by atoms with E-state index >= 15 is 0 Å². The SMILES string of the molecule is ON=Cc1nc(CCCCCN2CCN(c3ncccn3)CC2)ccc1O. The molecule has 144 valence electrons. The van der Waals surface area contributed by atoms with Gasteiger partial charge in [0.15, 0.2) is 0 Å². The minimum atomic E-state index is 0.0246. The van der Waals surface area contributed by atoms with E-state index in [2.05, 4.69) is 29.9 Å². The number of aryl methyl sites for hydroxylation is 1. The lowest BCUT2D eigenvalue weighted by atomic mass is 10.1. The highest BCUT2D eigenvalue weighted by Crippen LogP contribution is 2.15. The molecule has 1 saturated heterocycles. The Morgan fingerprint density at radius 3 is 2.56 bits per heavy atom. The van der Waals surface area contributed by atoms with Gasteiger partial charge in [0.25, 0.3) is 0 Å². The lowest BCUT2D eigenvalue weighted by Gasteiger charge is -2.34. The number of aromatic hydroxyl groups is 1. The van der Waals surface area contributed by atoms with E-state index in [0.717, 1.165) is 76.3 Å². The molecule has 0 aliphatic carbocycles. The Hall–Kier alpha value is -2.74. The Morgan fingerprint density at radius 1 is 1.04 bits per heavy atom. The van der Waals surface area contributed by atoms with Crippen LogP contribution in [0.25, 0.3) is 0 Å². The quantitative estimate of drug-likeness (QED) is 0.317. The molecule has 2 N–H and O–H groups in total. The van der Waals surface area contributed by atoms with Gasteiger partial charge >= 0.3 is 0 Å². The third-order valence-corrected chi connectivity index (χ3v) is 4.75. The van der Waals surface area contributed by atoms with Crippen LogP contribution in [0.2, 0.25) is 0 Å². The van der Waals surface area contributed by atoms with Gasteiger partial charge in [-0.2, -0.15) is 0 Å². The van der Waals surface area contributed by atoms with Gasteiger partial charge in [0.05, 0.1) is 6.21 Å². The third kappa shape index (κ3) is 5.62. The van der Waals surface area contributed by atoms with Gasteiger partial charge in [-0.1, -0.05) is 11.6 Å². The molecule has 0 atom stereocenters. The summed E-state index contributed by atoms with van der Waals surface area (Å²) in [6.07, 6.45) is 8.92. The van der Waals surface area contributed by atoms with Crippen molar-refractivity contribution in [3.8, 4) is 5.75 Å². The van der Waals surface area contributed by atoms with E-state index in [1.54, 1.807) is 18.5 Å². The fourth-order valence-electron chi connectivity index (χ4n) is 3.24. The number of anilines is 1. The van der Waals surface area contributed by atoms with Crippen LogP contribution >= 0.6 is 0 Å². The maximum Gasteiger partial charge on any atom is 0.225 e. The normalized spacial score (nSPS) is 15.5. The lowest BCUT2D eigenvalue weighted by molar-refractivity contribution is 0.251. The van der Waals surface area contributed by atoms with E-state index in [1.807, 2.05) is 12.1 Å². The van der Waals surface area contributed by atoms with E-state index < -0.39 is 0 Å². The summed E-state index contributed by atoms with van der Waals surface area (Å²) in [5.41, 5.74) is 1.20. The summed E-state index contributed by atoms with van der Waals surface area (Å²) in [5, 5.41) is 21.1. The van der Waals surface area contributed by atoms with Gasteiger partial charge in [0.1, 0.15) is 11.4 Å². The smallest absolute Gasteiger partial charge is 0.225 e. The van der Waals surface area contributed by atoms with Gasteiger partial charge in [-0.05, 0) is 44.0 Å². The molecular formula is C19H26N6O2. The standard InChI is InChI=1S/C19H26N6O2/c26-18-7-6-16(23-17(18)15-22-27)5-2-1-3-10-24-11-13-25(14-12-24)19-20-8-4-9-21-19/h4,6-9,15,26-27H,1-3,5,10-14H2. The molecule has 2 aromatic rings. The minimum Gasteiger partial charge on any atom is -0.506 e. The summed E-state index contributed by atoms with van der Waals surface area (Å²) >= 11 is 0. The molecule has 0 bridgehead atoms. The number of aromatic nitrogens is 3. The van der Waals surface area contributed by atoms with Crippen molar-refractivity contribution < 1.29 is 10.3 Å². The molecule has 2 aromatic heterocycles. The van der Waals surface area contributed by atoms with Crippen LogP contribution in [-0.4, -0.2) is 69.1 Å². The molecule has 1 aliphatic heterocycles. The lowest BCUT2D eigenvalue weighted by Crippen LogP contribution is -2.47. The minimum absolute atomic E-state index is 0.0246. The number of nitrogens with zero attached hydrogens (tertiary/aromatic N) is 6. The average Bonchev–Trinajstić information content (AvgIpc) is 2.71. The number of oxime groups is 1. The predicted molar refractivity (Wildman–Crippen MR) is 104 cm³/mol. The van der Waals surface area contributed by atoms with Crippen LogP contribution in [0.15, 0.2) is 35.7 Å². The second-order valence-corrected chi connectivity index (χ2v) is 6.64. The highest BCUT2D eigenvalue weighted by molar-refractivity contribution is 5.80. The fraction of sp³-hybridized carbons (Fsp3) is 0.474. The van der Waals surface area contributed by atoms with Gasteiger partial charge in [-0.3, -0.25) is 4.90 Å². The molecule has 8 heteroatoms. The Labute approximate surface area is 159 Å². The maximum atomic E-state index is 9.63. The van der Waals surface area contributed by atoms with E-state index in [-0.39, 0.29) is 5.75 Å². The number of pyridine rings is 1. The first-order chi connectivity index (χ1) is 13.3. The Bertz CT molecular complexity index is 732. The molecule has 27 heavy (non-hydrogen) atoms. The topological polar surface area (TPSA) is 98.0 Å². The summed E-state index contributed by atoms with van der Waals surface area (Å²) in [6, 6.07) is 5.25. The molecule has 3 heterocycles. The molecule has 0 amide bonds. The molecular weight excluding hydrogens is 344 g/mol. The van der Waals surface area contributed by atoms with Crippen LogP contribution in [0, 0.1) is 0 Å². The highest BCUT2D eigenvalue weighted by Gasteiger charge is 2.18. The largest absolute Gasteiger partial charge is 0.506 e. The molecule has 0 radical (unpaired) electrons. The highest BCUT2D eigenvalue weighted by atomic mass is 16.4. The van der Waals surface area contributed by atoms with Gasteiger partial charge in [-0.25, -0.2) is 15.0 Å². The van der Waals surface area contributed by atoms with Gasteiger partial charge in [-0.15, -0.1) is 0 Å². The van der Waals surface area contributed by atoms with Crippen LogP contribution in [0.3, 0.4) is 0 Å². The van der Waals surface area contributed by atoms with Crippen molar-refractivity contribution in [1.82, 2.24) is 19.9 Å². The first-order valence-corrected chi connectivity index (χ1v) is 9.37. The number of rotatable bonds is 8. The molecule has 0 spiro atoms. The number of unbranched alkanes of at least 4 members (excludes halogenated alkanes) is 2. The van der Waals surface area contributed by atoms with E-state index in [1.165, 1.54) is 0 Å². The number of piperazine rings is 1. The van der Waals surface area contributed by atoms with Crippen molar-refractivity contribution in [2.75, 3.05) is 37.6 Å². The monoisotopic (exact) mass is 370 g/mol. The predicted octanol–water partition coefficient (Wildman–Crippen LogP) is 1.92. The zero-order chi connectivity index (χ0) is 18.9. The maximum absolute atomic E-state index is 9.63. The Balaban J connectivity index is 1.33. The zero-order valence-corrected chi connectivity index (χ0v) is 15.4. The zero-order valence-electron chi connectivity index (χ0n) is 15.4. The van der Waals surface area contributed by atoms with Crippen molar-refractivity contribution in [2.24, 2.45) is 5.16 Å².